The van der Waals surface area contributed by atoms with Gasteiger partial charge in [0.15, 0.2) is 6.10 Å². The van der Waals surface area contributed by atoms with Crippen LogP contribution in [0.1, 0.15) is 57.4 Å². The molecule has 1 aromatic rings. The molecule has 3 amide bonds. The Balaban J connectivity index is 1.31. The highest BCUT2D eigenvalue weighted by Gasteiger charge is 2.78. The zero-order valence-electron chi connectivity index (χ0n) is 19.2. The normalized spacial score (nSPS) is 38.9. The topological polar surface area (TPSA) is 67.9 Å². The molecule has 174 valence electrons. The first-order valence-corrected chi connectivity index (χ1v) is 12.3. The van der Waals surface area contributed by atoms with Gasteiger partial charge in [0.05, 0.1) is 19.3 Å². The fourth-order valence-electron chi connectivity index (χ4n) is 6.38. The van der Waals surface area contributed by atoms with Crippen molar-refractivity contribution in [3.8, 4) is 0 Å². The first-order chi connectivity index (χ1) is 15.6. The van der Waals surface area contributed by atoms with Crippen LogP contribution in [0.15, 0.2) is 30.3 Å². The Bertz CT molecular complexity index is 841. The van der Waals surface area contributed by atoms with E-state index in [9.17, 15) is 9.59 Å². The lowest BCUT2D eigenvalue weighted by Crippen LogP contribution is -2.51. The zero-order chi connectivity index (χ0) is 22.3. The molecule has 1 N–H and O–H groups in total. The molecule has 7 heteroatoms. The number of urea groups is 1. The number of nitrogens with zero attached hydrogens (tertiary/aromatic N) is 2. The van der Waals surface area contributed by atoms with Crippen molar-refractivity contribution >= 4 is 11.9 Å². The minimum atomic E-state index is -0.459. The lowest BCUT2D eigenvalue weighted by Gasteiger charge is -2.31. The van der Waals surface area contributed by atoms with Crippen LogP contribution in [0.3, 0.4) is 0 Å². The molecule has 1 aliphatic carbocycles. The van der Waals surface area contributed by atoms with Crippen LogP contribution in [0.4, 0.5) is 4.79 Å². The molecule has 5 atom stereocenters. The average molecular weight is 443 g/mol. The summed E-state index contributed by atoms with van der Waals surface area (Å²) in [6.07, 6.45) is 4.67. The standard InChI is InChI=1S/C25H35N3O4/c1-3-26-25(30)27-14-7-15-28-22(21(27)16-31-17(2)23(28)29)24(28)32-20-12-10-19(11-13-20)18-8-5-4-6-9-18/h4-6,8-9,17,19-22,24H,3,7,10-16H2,1-2H3/p+1/t17?,19?,20?,21-,22?,24-,28?/m1/s1. The lowest BCUT2D eigenvalue weighted by molar-refractivity contribution is -0.765. The molecule has 0 spiro atoms. The number of quaternary nitrogens is 1. The van der Waals surface area contributed by atoms with Gasteiger partial charge in [0.2, 0.25) is 6.04 Å². The van der Waals surface area contributed by atoms with Crippen LogP contribution in [0, 0.1) is 0 Å². The van der Waals surface area contributed by atoms with Crippen molar-refractivity contribution < 1.29 is 23.5 Å². The molecule has 1 saturated carbocycles. The van der Waals surface area contributed by atoms with Crippen LogP contribution < -0.4 is 5.32 Å². The minimum absolute atomic E-state index is 0.00981. The Morgan fingerprint density at radius 3 is 2.69 bits per heavy atom. The summed E-state index contributed by atoms with van der Waals surface area (Å²) in [6.45, 7) is 6.16. The molecule has 3 aliphatic heterocycles. The van der Waals surface area contributed by atoms with Gasteiger partial charge >= 0.3 is 11.9 Å². The Labute approximate surface area is 190 Å². The van der Waals surface area contributed by atoms with Gasteiger partial charge in [0.25, 0.3) is 6.23 Å². The van der Waals surface area contributed by atoms with Crippen molar-refractivity contribution in [3.05, 3.63) is 35.9 Å². The summed E-state index contributed by atoms with van der Waals surface area (Å²) in [5, 5.41) is 2.94. The molecule has 4 aliphatic rings. The number of ether oxygens (including phenoxy) is 2. The monoisotopic (exact) mass is 442 g/mol. The lowest BCUT2D eigenvalue weighted by atomic mass is 9.83. The average Bonchev–Trinajstić information content (AvgIpc) is 3.50. The van der Waals surface area contributed by atoms with E-state index >= 15 is 0 Å². The fourth-order valence-corrected chi connectivity index (χ4v) is 6.38. The number of hydrogen-bond donors (Lipinski definition) is 1. The highest BCUT2D eigenvalue weighted by Crippen LogP contribution is 2.50. The van der Waals surface area contributed by atoms with E-state index in [4.69, 9.17) is 9.47 Å². The third-order valence-corrected chi connectivity index (χ3v) is 8.05. The maximum Gasteiger partial charge on any atom is 0.345 e. The second-order valence-corrected chi connectivity index (χ2v) is 9.82. The molecule has 32 heavy (non-hydrogen) atoms. The Morgan fingerprint density at radius 2 is 1.97 bits per heavy atom. The number of rotatable bonds is 4. The van der Waals surface area contributed by atoms with Crippen LogP contribution >= 0.6 is 0 Å². The van der Waals surface area contributed by atoms with Crippen molar-refractivity contribution in [2.75, 3.05) is 26.2 Å². The molecule has 7 nitrogen and oxygen atoms in total. The molecule has 3 saturated heterocycles. The van der Waals surface area contributed by atoms with Crippen molar-refractivity contribution in [2.45, 2.75) is 82.4 Å². The van der Waals surface area contributed by atoms with Crippen molar-refractivity contribution in [2.24, 2.45) is 0 Å². The van der Waals surface area contributed by atoms with E-state index in [0.29, 0.717) is 30.1 Å². The SMILES string of the molecule is CCNC(=O)N1CCC[N+]23C(=O)C(C)OC[C@@H]1C2[C@H]3OC1CCC(c2ccccc2)CC1. The Hall–Kier alpha value is -1.96. The predicted molar refractivity (Wildman–Crippen MR) is 120 cm³/mol. The van der Waals surface area contributed by atoms with Gasteiger partial charge in [0.1, 0.15) is 6.04 Å². The third-order valence-electron chi connectivity index (χ3n) is 8.05. The minimum Gasteiger partial charge on any atom is -0.362 e. The Kier molecular flexibility index (Phi) is 5.99. The molecule has 0 aromatic heterocycles. The van der Waals surface area contributed by atoms with Crippen LogP contribution in [-0.2, 0) is 14.3 Å². The second-order valence-electron chi connectivity index (χ2n) is 9.82. The van der Waals surface area contributed by atoms with Gasteiger partial charge in [-0.15, -0.1) is 0 Å². The number of nitrogens with one attached hydrogen (secondary N) is 1. The number of benzene rings is 1. The first kappa shape index (κ1) is 21.9. The van der Waals surface area contributed by atoms with Gasteiger partial charge < -0.3 is 19.7 Å². The van der Waals surface area contributed by atoms with Gasteiger partial charge in [-0.05, 0) is 51.0 Å². The summed E-state index contributed by atoms with van der Waals surface area (Å²) in [7, 11) is 0. The first-order valence-electron chi connectivity index (χ1n) is 12.3. The van der Waals surface area contributed by atoms with E-state index in [-0.39, 0.29) is 36.4 Å². The molecule has 4 fully saturated rings. The van der Waals surface area contributed by atoms with Crippen molar-refractivity contribution in [3.63, 3.8) is 0 Å². The number of carbonyl (C=O) groups is 2. The van der Waals surface area contributed by atoms with E-state index < -0.39 is 6.10 Å². The molecule has 0 radical (unpaired) electrons. The highest BCUT2D eigenvalue weighted by molar-refractivity contribution is 5.78. The van der Waals surface area contributed by atoms with Crippen LogP contribution in [-0.4, -0.2) is 78.1 Å². The van der Waals surface area contributed by atoms with Gasteiger partial charge in [-0.25, -0.2) is 14.1 Å². The van der Waals surface area contributed by atoms with Crippen molar-refractivity contribution in [1.82, 2.24) is 10.2 Å². The smallest absolute Gasteiger partial charge is 0.345 e. The molecular weight excluding hydrogens is 406 g/mol. The molecule has 5 rings (SSSR count). The van der Waals surface area contributed by atoms with Gasteiger partial charge in [0, 0.05) is 19.5 Å². The van der Waals surface area contributed by atoms with Crippen LogP contribution in [0.5, 0.6) is 0 Å². The van der Waals surface area contributed by atoms with Gasteiger partial charge in [-0.1, -0.05) is 30.3 Å². The molecule has 3 heterocycles. The van der Waals surface area contributed by atoms with Crippen molar-refractivity contribution in [1.29, 1.82) is 0 Å². The quantitative estimate of drug-likeness (QED) is 0.575. The number of amides is 3. The van der Waals surface area contributed by atoms with Crippen LogP contribution in [0.2, 0.25) is 0 Å². The summed E-state index contributed by atoms with van der Waals surface area (Å²) in [6, 6.07) is 10.6. The molecular formula is C25H36N3O4+. The van der Waals surface area contributed by atoms with E-state index in [0.717, 1.165) is 38.6 Å². The molecule has 1 aromatic carbocycles. The maximum absolute atomic E-state index is 13.4. The number of carbonyl (C=O) groups excluding carboxylic acids is 2. The summed E-state index contributed by atoms with van der Waals surface area (Å²) in [5.74, 6) is 0.720. The maximum atomic E-state index is 13.4. The third kappa shape index (κ3) is 3.64. The Morgan fingerprint density at radius 1 is 1.22 bits per heavy atom. The molecule has 2 bridgehead atoms. The second kappa shape index (κ2) is 8.76. The van der Waals surface area contributed by atoms with E-state index in [2.05, 4.69) is 35.6 Å². The summed E-state index contributed by atoms with van der Waals surface area (Å²) < 4.78 is 12.9. The largest absolute Gasteiger partial charge is 0.362 e. The zero-order valence-corrected chi connectivity index (χ0v) is 19.2. The summed E-state index contributed by atoms with van der Waals surface area (Å²) in [4.78, 5) is 28.1. The van der Waals surface area contributed by atoms with Gasteiger partial charge in [-0.2, -0.15) is 0 Å². The summed E-state index contributed by atoms with van der Waals surface area (Å²) in [5.41, 5.74) is 1.42. The predicted octanol–water partition coefficient (Wildman–Crippen LogP) is 3.00. The fraction of sp³-hybridized carbons (Fsp3) is 0.680. The van der Waals surface area contributed by atoms with Gasteiger partial charge in [-0.3, -0.25) is 0 Å². The van der Waals surface area contributed by atoms with E-state index in [1.54, 1.807) is 0 Å². The summed E-state index contributed by atoms with van der Waals surface area (Å²) >= 11 is 0. The van der Waals surface area contributed by atoms with E-state index in [1.807, 2.05) is 18.7 Å². The molecule has 3 unspecified atom stereocenters. The van der Waals surface area contributed by atoms with E-state index in [1.165, 1.54) is 5.56 Å². The van der Waals surface area contributed by atoms with Crippen LogP contribution in [0.25, 0.3) is 0 Å². The number of hydrogen-bond acceptors (Lipinski definition) is 4. The highest BCUT2D eigenvalue weighted by atomic mass is 16.5.